The van der Waals surface area contributed by atoms with E-state index >= 15 is 0 Å². The molecule has 86 valence electrons. The van der Waals surface area contributed by atoms with Gasteiger partial charge in [0.15, 0.2) is 17.5 Å². The fraction of sp³-hybridized carbons (Fsp3) is 0.600. The lowest BCUT2D eigenvalue weighted by atomic mass is 9.70. The Hall–Kier alpha value is -1.72. The maximum absolute atomic E-state index is 11.7. The second-order valence-corrected chi connectivity index (χ2v) is 4.45. The highest BCUT2D eigenvalue weighted by Crippen LogP contribution is 2.58. The van der Waals surface area contributed by atoms with E-state index < -0.39 is 40.8 Å². The van der Waals surface area contributed by atoms with Gasteiger partial charge in [0.1, 0.15) is 5.92 Å². The number of hydrogen-bond donors (Lipinski definition) is 2. The molecule has 0 amide bonds. The molecule has 2 N–H and O–H groups in total. The molecule has 0 aromatic heterocycles. The molecule has 2 fully saturated rings. The quantitative estimate of drug-likeness (QED) is 0.626. The molecule has 2 aliphatic rings. The van der Waals surface area contributed by atoms with Gasteiger partial charge in [-0.2, -0.15) is 0 Å². The van der Waals surface area contributed by atoms with Gasteiger partial charge >= 0.3 is 11.9 Å². The third-order valence-electron chi connectivity index (χ3n) is 3.42. The fourth-order valence-corrected chi connectivity index (χ4v) is 2.45. The van der Waals surface area contributed by atoms with Crippen molar-refractivity contribution in [3.8, 4) is 0 Å². The topological polar surface area (TPSA) is 109 Å². The van der Waals surface area contributed by atoms with Crippen molar-refractivity contribution in [1.29, 1.82) is 0 Å². The van der Waals surface area contributed by atoms with E-state index in [4.69, 9.17) is 10.2 Å². The summed E-state index contributed by atoms with van der Waals surface area (Å²) in [7, 11) is 0. The largest absolute Gasteiger partial charge is 0.481 e. The number of carbonyl (C=O) groups excluding carboxylic acids is 2. The van der Waals surface area contributed by atoms with Crippen LogP contribution in [0.15, 0.2) is 0 Å². The Balaban J connectivity index is 2.37. The van der Waals surface area contributed by atoms with Gasteiger partial charge in [0.2, 0.25) is 0 Å². The maximum Gasteiger partial charge on any atom is 0.321 e. The highest BCUT2D eigenvalue weighted by atomic mass is 16.4. The molecule has 1 spiro atoms. The summed E-state index contributed by atoms with van der Waals surface area (Å²) in [5, 5.41) is 17.7. The Morgan fingerprint density at radius 3 is 2.06 bits per heavy atom. The second-order valence-electron chi connectivity index (χ2n) is 4.45. The molecule has 0 aliphatic heterocycles. The van der Waals surface area contributed by atoms with Gasteiger partial charge in [0, 0.05) is 6.42 Å². The van der Waals surface area contributed by atoms with E-state index in [9.17, 15) is 19.2 Å². The molecular weight excluding hydrogens is 216 g/mol. The molecule has 16 heavy (non-hydrogen) atoms. The molecule has 0 aromatic rings. The van der Waals surface area contributed by atoms with Crippen LogP contribution in [-0.4, -0.2) is 33.7 Å². The van der Waals surface area contributed by atoms with E-state index in [2.05, 4.69) is 0 Å². The van der Waals surface area contributed by atoms with Crippen molar-refractivity contribution in [2.75, 3.05) is 0 Å². The van der Waals surface area contributed by atoms with Crippen LogP contribution < -0.4 is 0 Å². The van der Waals surface area contributed by atoms with Gasteiger partial charge in [0.05, 0.1) is 0 Å². The van der Waals surface area contributed by atoms with Crippen LogP contribution >= 0.6 is 0 Å². The first-order chi connectivity index (χ1) is 7.39. The normalized spacial score (nSPS) is 31.5. The minimum absolute atomic E-state index is 0.104. The van der Waals surface area contributed by atoms with Crippen LogP contribution in [0.5, 0.6) is 0 Å². The van der Waals surface area contributed by atoms with E-state index in [0.717, 1.165) is 0 Å². The van der Waals surface area contributed by atoms with Crippen molar-refractivity contribution in [2.45, 2.75) is 19.3 Å². The van der Waals surface area contributed by atoms with Gasteiger partial charge < -0.3 is 10.2 Å². The predicted octanol–water partition coefficient (Wildman–Crippen LogP) is -0.290. The molecule has 2 aliphatic carbocycles. The first-order valence-corrected chi connectivity index (χ1v) is 4.91. The molecular formula is C10H10O6. The summed E-state index contributed by atoms with van der Waals surface area (Å²) < 4.78 is 0. The first kappa shape index (κ1) is 10.8. The van der Waals surface area contributed by atoms with E-state index in [1.54, 1.807) is 0 Å². The van der Waals surface area contributed by atoms with Crippen molar-refractivity contribution in [3.05, 3.63) is 0 Å². The Labute approximate surface area is 90.2 Å². The van der Waals surface area contributed by atoms with Crippen molar-refractivity contribution in [1.82, 2.24) is 0 Å². The number of rotatable bonds is 2. The highest BCUT2D eigenvalue weighted by Gasteiger charge is 2.63. The second kappa shape index (κ2) is 3.13. The number of Topliss-reactive ketones (excluding diaryl/α,β-unsaturated/α-hetero) is 2. The van der Waals surface area contributed by atoms with Crippen molar-refractivity contribution in [3.63, 3.8) is 0 Å². The number of carbonyl (C=O) groups is 4. The lowest BCUT2D eigenvalue weighted by Crippen LogP contribution is -2.48. The van der Waals surface area contributed by atoms with E-state index in [1.807, 2.05) is 0 Å². The molecule has 2 unspecified atom stereocenters. The van der Waals surface area contributed by atoms with Gasteiger partial charge in [-0.15, -0.1) is 0 Å². The van der Waals surface area contributed by atoms with Crippen LogP contribution in [0.3, 0.4) is 0 Å². The molecule has 6 heteroatoms. The predicted molar refractivity (Wildman–Crippen MR) is 48.5 cm³/mol. The average Bonchev–Trinajstić information content (AvgIpc) is 2.81. The summed E-state index contributed by atoms with van der Waals surface area (Å²) in [5.74, 6) is -7.60. The number of ketones is 2. The molecule has 2 rings (SSSR count). The molecule has 0 aromatic carbocycles. The Morgan fingerprint density at radius 1 is 1.12 bits per heavy atom. The molecule has 0 bridgehead atoms. The van der Waals surface area contributed by atoms with E-state index in [-0.39, 0.29) is 6.42 Å². The van der Waals surface area contributed by atoms with Crippen LogP contribution in [0.4, 0.5) is 0 Å². The SMILES string of the molecule is O=C(O)C1C(=O)CC2(CC2)C(C(=O)O)C1=O. The van der Waals surface area contributed by atoms with Gasteiger partial charge in [0.25, 0.3) is 0 Å². The minimum Gasteiger partial charge on any atom is -0.481 e. The van der Waals surface area contributed by atoms with Crippen LogP contribution in [0, 0.1) is 17.3 Å². The number of hydrogen-bond acceptors (Lipinski definition) is 4. The zero-order chi connectivity index (χ0) is 12.1. The zero-order valence-electron chi connectivity index (χ0n) is 8.30. The summed E-state index contributed by atoms with van der Waals surface area (Å²) in [6, 6.07) is 0. The zero-order valence-corrected chi connectivity index (χ0v) is 8.30. The fourth-order valence-electron chi connectivity index (χ4n) is 2.45. The minimum atomic E-state index is -1.78. The lowest BCUT2D eigenvalue weighted by Gasteiger charge is -2.29. The van der Waals surface area contributed by atoms with Gasteiger partial charge in [-0.05, 0) is 18.3 Å². The number of carboxylic acid groups (broad SMARTS) is 2. The number of carboxylic acids is 2. The third kappa shape index (κ3) is 1.33. The summed E-state index contributed by atoms with van der Waals surface area (Å²) in [4.78, 5) is 44.9. The van der Waals surface area contributed by atoms with Crippen LogP contribution in [0.1, 0.15) is 19.3 Å². The standard InChI is InChI=1S/C10H10O6/c11-4-3-10(1-2-10)6(9(15)16)7(12)5(4)8(13)14/h5-6H,1-3H2,(H,13,14)(H,15,16). The monoisotopic (exact) mass is 226 g/mol. The average molecular weight is 226 g/mol. The Kier molecular flexibility index (Phi) is 2.11. The van der Waals surface area contributed by atoms with Crippen LogP contribution in [0.2, 0.25) is 0 Å². The van der Waals surface area contributed by atoms with Crippen molar-refractivity contribution < 1.29 is 29.4 Å². The van der Waals surface area contributed by atoms with Gasteiger partial charge in [-0.3, -0.25) is 19.2 Å². The Bertz CT molecular complexity index is 406. The summed E-state index contributed by atoms with van der Waals surface area (Å²) >= 11 is 0. The van der Waals surface area contributed by atoms with Crippen molar-refractivity contribution in [2.24, 2.45) is 17.3 Å². The molecule has 2 saturated carbocycles. The first-order valence-electron chi connectivity index (χ1n) is 4.91. The lowest BCUT2D eigenvalue weighted by molar-refractivity contribution is -0.160. The van der Waals surface area contributed by atoms with E-state index in [0.29, 0.717) is 12.8 Å². The third-order valence-corrected chi connectivity index (χ3v) is 3.42. The molecule has 2 atom stereocenters. The summed E-state index contributed by atoms with van der Waals surface area (Å²) in [6.45, 7) is 0. The maximum atomic E-state index is 11.7. The van der Waals surface area contributed by atoms with Crippen molar-refractivity contribution >= 4 is 23.5 Å². The molecule has 0 saturated heterocycles. The smallest absolute Gasteiger partial charge is 0.321 e. The van der Waals surface area contributed by atoms with E-state index in [1.165, 1.54) is 0 Å². The van der Waals surface area contributed by atoms with Gasteiger partial charge in [-0.1, -0.05) is 0 Å². The Morgan fingerprint density at radius 2 is 1.69 bits per heavy atom. The number of aliphatic carboxylic acids is 2. The van der Waals surface area contributed by atoms with Gasteiger partial charge in [-0.25, -0.2) is 0 Å². The molecule has 6 nitrogen and oxygen atoms in total. The highest BCUT2D eigenvalue weighted by molar-refractivity contribution is 6.23. The molecule has 0 radical (unpaired) electrons. The van der Waals surface area contributed by atoms with Crippen LogP contribution in [0.25, 0.3) is 0 Å². The summed E-state index contributed by atoms with van der Waals surface area (Å²) in [6.07, 6.45) is 0.911. The summed E-state index contributed by atoms with van der Waals surface area (Å²) in [5.41, 5.74) is -0.786. The van der Waals surface area contributed by atoms with Crippen LogP contribution in [-0.2, 0) is 19.2 Å². The molecule has 0 heterocycles.